The van der Waals surface area contributed by atoms with Crippen molar-refractivity contribution in [3.63, 3.8) is 0 Å². The Kier molecular flexibility index (Phi) is 3.92. The zero-order valence-corrected chi connectivity index (χ0v) is 13.2. The van der Waals surface area contributed by atoms with E-state index in [2.05, 4.69) is 5.32 Å². The Hall–Kier alpha value is -2.23. The van der Waals surface area contributed by atoms with Crippen molar-refractivity contribution in [2.24, 2.45) is 5.92 Å². The van der Waals surface area contributed by atoms with Gasteiger partial charge in [-0.2, -0.15) is 0 Å². The Labute approximate surface area is 134 Å². The molecule has 2 atom stereocenters. The maximum Gasteiger partial charge on any atom is 0.251 e. The fourth-order valence-corrected chi connectivity index (χ4v) is 3.26. The summed E-state index contributed by atoms with van der Waals surface area (Å²) in [6.07, 6.45) is 0.781. The van der Waals surface area contributed by atoms with Crippen LogP contribution in [0.3, 0.4) is 0 Å². The zero-order chi connectivity index (χ0) is 16.6. The minimum Gasteiger partial charge on any atom is -0.351 e. The molecule has 0 bridgehead atoms. The van der Waals surface area contributed by atoms with Gasteiger partial charge < -0.3 is 5.32 Å². The fraction of sp³-hybridized carbons (Fsp3) is 0.316. The van der Waals surface area contributed by atoms with Crippen molar-refractivity contribution in [3.8, 4) is 0 Å². The molecule has 0 spiro atoms. The van der Waals surface area contributed by atoms with Gasteiger partial charge >= 0.3 is 0 Å². The molecule has 4 heteroatoms. The summed E-state index contributed by atoms with van der Waals surface area (Å²) in [6.45, 7) is 4.25. The topological polar surface area (TPSA) is 29.1 Å². The highest BCUT2D eigenvalue weighted by Crippen LogP contribution is 2.54. The molecule has 0 aliphatic heterocycles. The zero-order valence-electron chi connectivity index (χ0n) is 13.2. The first-order chi connectivity index (χ1) is 10.9. The molecule has 1 N–H and O–H groups in total. The Morgan fingerprint density at radius 1 is 1.26 bits per heavy atom. The summed E-state index contributed by atoms with van der Waals surface area (Å²) in [7, 11) is 0. The van der Waals surface area contributed by atoms with Crippen LogP contribution in [0, 0.1) is 24.5 Å². The average Bonchev–Trinajstić information content (AvgIpc) is 3.16. The SMILES string of the molecule is Cc1ccccc1C(=O)NCC1(c2ccc(F)cc2F)CC1C. The van der Waals surface area contributed by atoms with E-state index in [1.54, 1.807) is 6.07 Å². The molecular weight excluding hydrogens is 296 g/mol. The Balaban J connectivity index is 1.78. The lowest BCUT2D eigenvalue weighted by molar-refractivity contribution is 0.0948. The largest absolute Gasteiger partial charge is 0.351 e. The first-order valence-electron chi connectivity index (χ1n) is 7.73. The molecular formula is C19H19F2NO. The Bertz CT molecular complexity index is 759. The van der Waals surface area contributed by atoms with Gasteiger partial charge in [0.25, 0.3) is 5.91 Å². The average molecular weight is 315 g/mol. The number of carbonyl (C=O) groups excluding carboxylic acids is 1. The Morgan fingerprint density at radius 2 is 1.96 bits per heavy atom. The van der Waals surface area contributed by atoms with Gasteiger partial charge in [-0.1, -0.05) is 31.2 Å². The second-order valence-corrected chi connectivity index (χ2v) is 6.38. The summed E-state index contributed by atoms with van der Waals surface area (Å²) in [6, 6.07) is 11.0. The molecule has 2 aromatic rings. The van der Waals surface area contributed by atoms with Crippen molar-refractivity contribution in [2.75, 3.05) is 6.54 Å². The first kappa shape index (κ1) is 15.7. The smallest absolute Gasteiger partial charge is 0.251 e. The van der Waals surface area contributed by atoms with Gasteiger partial charge in [0.1, 0.15) is 11.6 Å². The molecule has 1 aliphatic carbocycles. The quantitative estimate of drug-likeness (QED) is 0.908. The summed E-state index contributed by atoms with van der Waals surface area (Å²) >= 11 is 0. The maximum atomic E-state index is 14.1. The number of halogens is 2. The number of hydrogen-bond donors (Lipinski definition) is 1. The van der Waals surface area contributed by atoms with E-state index in [0.717, 1.165) is 18.1 Å². The standard InChI is InChI=1S/C19H19F2NO/c1-12-5-3-4-6-15(12)18(23)22-11-19(10-13(19)2)16-8-7-14(20)9-17(16)21/h3-9,13H,10-11H2,1-2H3,(H,22,23). The molecule has 2 nitrogen and oxygen atoms in total. The van der Waals surface area contributed by atoms with E-state index in [0.29, 0.717) is 17.7 Å². The molecule has 0 saturated heterocycles. The van der Waals surface area contributed by atoms with Crippen LogP contribution in [0.5, 0.6) is 0 Å². The lowest BCUT2D eigenvalue weighted by Crippen LogP contribution is -2.34. The van der Waals surface area contributed by atoms with E-state index in [1.807, 2.05) is 32.0 Å². The highest BCUT2D eigenvalue weighted by atomic mass is 19.1. The van der Waals surface area contributed by atoms with Crippen molar-refractivity contribution in [1.29, 1.82) is 0 Å². The van der Waals surface area contributed by atoms with Gasteiger partial charge in [-0.25, -0.2) is 8.78 Å². The first-order valence-corrected chi connectivity index (χ1v) is 7.73. The molecule has 3 rings (SSSR count). The lowest BCUT2D eigenvalue weighted by Gasteiger charge is -2.19. The monoisotopic (exact) mass is 315 g/mol. The highest BCUT2D eigenvalue weighted by Gasteiger charge is 2.53. The number of hydrogen-bond acceptors (Lipinski definition) is 1. The van der Waals surface area contributed by atoms with E-state index in [-0.39, 0.29) is 11.8 Å². The minimum absolute atomic E-state index is 0.163. The Morgan fingerprint density at radius 3 is 2.57 bits per heavy atom. The van der Waals surface area contributed by atoms with Crippen LogP contribution in [-0.4, -0.2) is 12.5 Å². The number of aryl methyl sites for hydroxylation is 1. The van der Waals surface area contributed by atoms with Crippen LogP contribution in [0.25, 0.3) is 0 Å². The van der Waals surface area contributed by atoms with Crippen LogP contribution in [-0.2, 0) is 5.41 Å². The van der Waals surface area contributed by atoms with Crippen LogP contribution < -0.4 is 5.32 Å². The summed E-state index contributed by atoms with van der Waals surface area (Å²) < 4.78 is 27.2. The minimum atomic E-state index is -0.585. The third-order valence-electron chi connectivity index (χ3n) is 4.88. The molecule has 23 heavy (non-hydrogen) atoms. The molecule has 1 saturated carbocycles. The van der Waals surface area contributed by atoms with Gasteiger partial charge in [0.05, 0.1) is 0 Å². The molecule has 2 unspecified atom stereocenters. The van der Waals surface area contributed by atoms with Gasteiger partial charge in [-0.3, -0.25) is 4.79 Å². The van der Waals surface area contributed by atoms with Crippen LogP contribution >= 0.6 is 0 Å². The second kappa shape index (κ2) is 5.76. The fourth-order valence-electron chi connectivity index (χ4n) is 3.26. The third kappa shape index (κ3) is 2.85. The van der Waals surface area contributed by atoms with Crippen LogP contribution in [0.1, 0.15) is 34.8 Å². The van der Waals surface area contributed by atoms with E-state index in [4.69, 9.17) is 0 Å². The summed E-state index contributed by atoms with van der Waals surface area (Å²) in [5.41, 5.74) is 1.57. The summed E-state index contributed by atoms with van der Waals surface area (Å²) in [4.78, 5) is 12.4. The molecule has 120 valence electrons. The third-order valence-corrected chi connectivity index (χ3v) is 4.88. The van der Waals surface area contributed by atoms with Crippen molar-refractivity contribution >= 4 is 5.91 Å². The molecule has 0 radical (unpaired) electrons. The normalized spacial score (nSPS) is 22.7. The van der Waals surface area contributed by atoms with Gasteiger partial charge in [0.2, 0.25) is 0 Å². The number of nitrogens with one attached hydrogen (secondary N) is 1. The maximum absolute atomic E-state index is 14.1. The van der Waals surface area contributed by atoms with Gasteiger partial charge in [-0.05, 0) is 42.5 Å². The van der Waals surface area contributed by atoms with Crippen molar-refractivity contribution in [2.45, 2.75) is 25.7 Å². The van der Waals surface area contributed by atoms with E-state index in [1.165, 1.54) is 12.1 Å². The second-order valence-electron chi connectivity index (χ2n) is 6.38. The van der Waals surface area contributed by atoms with Crippen molar-refractivity contribution in [3.05, 3.63) is 70.8 Å². The highest BCUT2D eigenvalue weighted by molar-refractivity contribution is 5.95. The number of rotatable bonds is 4. The molecule has 2 aromatic carbocycles. The number of benzene rings is 2. The van der Waals surface area contributed by atoms with Gasteiger partial charge in [-0.15, -0.1) is 0 Å². The molecule has 0 heterocycles. The predicted octanol–water partition coefficient (Wildman–Crippen LogP) is 3.98. The number of amides is 1. The summed E-state index contributed by atoms with van der Waals surface area (Å²) in [5.74, 6) is -1.04. The predicted molar refractivity (Wildman–Crippen MR) is 85.3 cm³/mol. The van der Waals surface area contributed by atoms with Gasteiger partial charge in [0, 0.05) is 23.6 Å². The molecule has 1 aliphatic rings. The van der Waals surface area contributed by atoms with E-state index < -0.39 is 17.0 Å². The molecule has 1 amide bonds. The number of carbonyl (C=O) groups is 1. The van der Waals surface area contributed by atoms with Crippen molar-refractivity contribution < 1.29 is 13.6 Å². The van der Waals surface area contributed by atoms with Crippen LogP contribution in [0.2, 0.25) is 0 Å². The van der Waals surface area contributed by atoms with Gasteiger partial charge in [0.15, 0.2) is 0 Å². The molecule has 0 aromatic heterocycles. The van der Waals surface area contributed by atoms with Crippen molar-refractivity contribution in [1.82, 2.24) is 5.32 Å². The van der Waals surface area contributed by atoms with E-state index >= 15 is 0 Å². The van der Waals surface area contributed by atoms with Crippen LogP contribution in [0.15, 0.2) is 42.5 Å². The van der Waals surface area contributed by atoms with Crippen LogP contribution in [0.4, 0.5) is 8.78 Å². The lowest BCUT2D eigenvalue weighted by atomic mass is 9.92. The molecule has 1 fully saturated rings. The summed E-state index contributed by atoms with van der Waals surface area (Å²) in [5, 5.41) is 2.91. The van der Waals surface area contributed by atoms with E-state index in [9.17, 15) is 13.6 Å².